The average Bonchev–Trinajstić information content (AvgIpc) is 3.10. The zero-order chi connectivity index (χ0) is 18.0. The Kier molecular flexibility index (Phi) is 4.59. The predicted molar refractivity (Wildman–Crippen MR) is 99.5 cm³/mol. The Morgan fingerprint density at radius 1 is 1.00 bits per heavy atom. The molecule has 0 fully saturated rings. The Morgan fingerprint density at radius 3 is 2.20 bits per heavy atom. The van der Waals surface area contributed by atoms with Gasteiger partial charge in [0.25, 0.3) is 0 Å². The van der Waals surface area contributed by atoms with Crippen molar-refractivity contribution >= 4 is 0 Å². The van der Waals surface area contributed by atoms with E-state index >= 15 is 0 Å². The maximum Gasteiger partial charge on any atom is 0.181 e. The molecule has 0 aliphatic carbocycles. The molecule has 1 atom stereocenters. The summed E-state index contributed by atoms with van der Waals surface area (Å²) < 4.78 is 5.17. The Morgan fingerprint density at radius 2 is 1.64 bits per heavy atom. The molecule has 0 unspecified atom stereocenters. The summed E-state index contributed by atoms with van der Waals surface area (Å²) in [6.07, 6.45) is 0. The van der Waals surface area contributed by atoms with Gasteiger partial charge >= 0.3 is 0 Å². The first-order valence-corrected chi connectivity index (χ1v) is 8.31. The molecule has 3 N–H and O–H groups in total. The first-order chi connectivity index (χ1) is 11.9. The van der Waals surface area contributed by atoms with Crippen LogP contribution in [-0.4, -0.2) is 22.3 Å². The van der Waals surface area contributed by atoms with Gasteiger partial charge in [-0.25, -0.2) is 4.98 Å². The number of nitrogens with one attached hydrogen (secondary N) is 1. The van der Waals surface area contributed by atoms with E-state index in [-0.39, 0.29) is 11.5 Å². The number of hydrogen-bond donors (Lipinski definition) is 2. The number of H-pyrrole nitrogens is 1. The Bertz CT molecular complexity index is 829. The highest BCUT2D eigenvalue weighted by Gasteiger charge is 2.16. The second kappa shape index (κ2) is 6.69. The smallest absolute Gasteiger partial charge is 0.181 e. The van der Waals surface area contributed by atoms with Crippen molar-refractivity contribution in [3.63, 3.8) is 0 Å². The molecule has 0 bridgehead atoms. The number of aromatic nitrogens is 3. The van der Waals surface area contributed by atoms with Crippen LogP contribution in [0.5, 0.6) is 5.75 Å². The lowest BCUT2D eigenvalue weighted by Crippen LogP contribution is -2.13. The minimum Gasteiger partial charge on any atom is -0.497 e. The summed E-state index contributed by atoms with van der Waals surface area (Å²) >= 11 is 0. The summed E-state index contributed by atoms with van der Waals surface area (Å²) in [6.45, 7) is 6.59. The van der Waals surface area contributed by atoms with E-state index in [1.165, 1.54) is 5.56 Å². The largest absolute Gasteiger partial charge is 0.497 e. The summed E-state index contributed by atoms with van der Waals surface area (Å²) in [4.78, 5) is 4.57. The number of aromatic amines is 1. The van der Waals surface area contributed by atoms with Gasteiger partial charge in [0.1, 0.15) is 11.6 Å². The van der Waals surface area contributed by atoms with E-state index < -0.39 is 0 Å². The van der Waals surface area contributed by atoms with Gasteiger partial charge in [0.2, 0.25) is 0 Å². The second-order valence-corrected chi connectivity index (χ2v) is 7.12. The normalized spacial score (nSPS) is 12.8. The fourth-order valence-electron chi connectivity index (χ4n) is 2.63. The highest BCUT2D eigenvalue weighted by atomic mass is 16.5. The van der Waals surface area contributed by atoms with Crippen molar-refractivity contribution in [3.8, 4) is 17.1 Å². The molecule has 0 amide bonds. The van der Waals surface area contributed by atoms with E-state index in [0.717, 1.165) is 16.9 Å². The maximum absolute atomic E-state index is 6.31. The van der Waals surface area contributed by atoms with E-state index in [2.05, 4.69) is 48.1 Å². The molecule has 0 radical (unpaired) electrons. The third kappa shape index (κ3) is 3.72. The summed E-state index contributed by atoms with van der Waals surface area (Å²) in [5, 5.41) is 7.28. The fraction of sp³-hybridized carbons (Fsp3) is 0.300. The summed E-state index contributed by atoms with van der Waals surface area (Å²) in [5.41, 5.74) is 9.63. The molecule has 3 aromatic rings. The van der Waals surface area contributed by atoms with E-state index in [1.807, 2.05) is 36.4 Å². The van der Waals surface area contributed by atoms with Gasteiger partial charge in [-0.1, -0.05) is 57.2 Å². The van der Waals surface area contributed by atoms with Crippen molar-refractivity contribution in [3.05, 3.63) is 65.5 Å². The number of benzene rings is 2. The highest BCUT2D eigenvalue weighted by Crippen LogP contribution is 2.26. The molecule has 1 aromatic heterocycles. The molecule has 0 saturated heterocycles. The SMILES string of the molecule is COc1ccc([C@H](N)c2nc(-c3ccc(C(C)(C)C)cc3)n[nH]2)cc1. The molecule has 25 heavy (non-hydrogen) atoms. The van der Waals surface area contributed by atoms with Crippen molar-refractivity contribution in [1.82, 2.24) is 15.2 Å². The van der Waals surface area contributed by atoms with Gasteiger partial charge in [0, 0.05) is 5.56 Å². The molecule has 5 heteroatoms. The lowest BCUT2D eigenvalue weighted by atomic mass is 9.87. The molecule has 3 rings (SSSR count). The zero-order valence-corrected chi connectivity index (χ0v) is 15.1. The maximum atomic E-state index is 6.31. The highest BCUT2D eigenvalue weighted by molar-refractivity contribution is 5.55. The molecular weight excluding hydrogens is 312 g/mol. The van der Waals surface area contributed by atoms with Crippen LogP contribution in [0.4, 0.5) is 0 Å². The Labute approximate surface area is 148 Å². The minimum absolute atomic E-state index is 0.124. The van der Waals surface area contributed by atoms with Crippen LogP contribution in [-0.2, 0) is 5.41 Å². The number of nitrogens with zero attached hydrogens (tertiary/aromatic N) is 2. The van der Waals surface area contributed by atoms with Gasteiger partial charge in [0.05, 0.1) is 13.2 Å². The summed E-state index contributed by atoms with van der Waals surface area (Å²) in [5.74, 6) is 2.09. The topological polar surface area (TPSA) is 76.8 Å². The molecule has 5 nitrogen and oxygen atoms in total. The Hall–Kier alpha value is -2.66. The van der Waals surface area contributed by atoms with Crippen LogP contribution in [0.2, 0.25) is 0 Å². The second-order valence-electron chi connectivity index (χ2n) is 7.12. The van der Waals surface area contributed by atoms with Crippen molar-refractivity contribution in [1.29, 1.82) is 0 Å². The number of rotatable bonds is 4. The Balaban J connectivity index is 1.81. The van der Waals surface area contributed by atoms with Crippen LogP contribution >= 0.6 is 0 Å². The molecule has 0 aliphatic rings. The lowest BCUT2D eigenvalue weighted by molar-refractivity contribution is 0.414. The minimum atomic E-state index is -0.360. The van der Waals surface area contributed by atoms with E-state index in [0.29, 0.717) is 11.6 Å². The van der Waals surface area contributed by atoms with Crippen molar-refractivity contribution in [2.45, 2.75) is 32.2 Å². The average molecular weight is 336 g/mol. The van der Waals surface area contributed by atoms with Gasteiger partial charge in [-0.15, -0.1) is 0 Å². The van der Waals surface area contributed by atoms with Gasteiger partial charge in [0.15, 0.2) is 5.82 Å². The third-order valence-corrected chi connectivity index (χ3v) is 4.28. The van der Waals surface area contributed by atoms with Crippen molar-refractivity contribution in [2.24, 2.45) is 5.73 Å². The van der Waals surface area contributed by atoms with Gasteiger partial charge < -0.3 is 10.5 Å². The molecular formula is C20H24N4O. The molecule has 0 spiro atoms. The lowest BCUT2D eigenvalue weighted by Gasteiger charge is -2.18. The quantitative estimate of drug-likeness (QED) is 0.759. The van der Waals surface area contributed by atoms with Crippen molar-refractivity contribution < 1.29 is 4.74 Å². The van der Waals surface area contributed by atoms with Crippen LogP contribution in [0.15, 0.2) is 48.5 Å². The standard InChI is InChI=1S/C20H24N4O/c1-20(2,3)15-9-5-14(6-10-15)18-22-19(24-23-18)17(21)13-7-11-16(25-4)12-8-13/h5-12,17H,21H2,1-4H3,(H,22,23,24)/t17-/m0/s1. The monoisotopic (exact) mass is 336 g/mol. The zero-order valence-electron chi connectivity index (χ0n) is 15.1. The van der Waals surface area contributed by atoms with E-state index in [1.54, 1.807) is 7.11 Å². The van der Waals surface area contributed by atoms with Crippen LogP contribution in [0.3, 0.4) is 0 Å². The number of methoxy groups -OCH3 is 1. The molecule has 130 valence electrons. The first kappa shape index (κ1) is 17.2. The third-order valence-electron chi connectivity index (χ3n) is 4.28. The number of nitrogens with two attached hydrogens (primary N) is 1. The molecule has 1 heterocycles. The van der Waals surface area contributed by atoms with Gasteiger partial charge in [-0.05, 0) is 28.7 Å². The van der Waals surface area contributed by atoms with Crippen LogP contribution in [0.25, 0.3) is 11.4 Å². The first-order valence-electron chi connectivity index (χ1n) is 8.31. The fourth-order valence-corrected chi connectivity index (χ4v) is 2.63. The van der Waals surface area contributed by atoms with Crippen LogP contribution in [0, 0.1) is 0 Å². The van der Waals surface area contributed by atoms with Crippen LogP contribution in [0.1, 0.15) is 43.8 Å². The van der Waals surface area contributed by atoms with Crippen molar-refractivity contribution in [2.75, 3.05) is 7.11 Å². The summed E-state index contributed by atoms with van der Waals surface area (Å²) in [7, 11) is 1.64. The van der Waals surface area contributed by atoms with E-state index in [9.17, 15) is 0 Å². The van der Waals surface area contributed by atoms with E-state index in [4.69, 9.17) is 10.5 Å². The molecule has 0 saturated carbocycles. The number of hydrogen-bond acceptors (Lipinski definition) is 4. The van der Waals surface area contributed by atoms with Gasteiger partial charge in [-0.2, -0.15) is 5.10 Å². The number of ether oxygens (including phenoxy) is 1. The molecule has 0 aliphatic heterocycles. The van der Waals surface area contributed by atoms with Crippen LogP contribution < -0.4 is 10.5 Å². The predicted octanol–water partition coefficient (Wildman–Crippen LogP) is 3.83. The van der Waals surface area contributed by atoms with Gasteiger partial charge in [-0.3, -0.25) is 5.10 Å². The summed E-state index contributed by atoms with van der Waals surface area (Å²) in [6, 6.07) is 15.6. The molecule has 2 aromatic carbocycles.